The van der Waals surface area contributed by atoms with E-state index in [1.54, 1.807) is 0 Å². The van der Waals surface area contributed by atoms with E-state index in [0.29, 0.717) is 0 Å². The SMILES string of the molecule is S=C1C(=C2C3=C(SCCS3)C3=C2SCCS3)C(=S)C(S)C1S. The maximum absolute atomic E-state index is 5.69. The van der Waals surface area contributed by atoms with E-state index in [4.69, 9.17) is 24.4 Å². The van der Waals surface area contributed by atoms with E-state index in [1.807, 2.05) is 47.0 Å². The van der Waals surface area contributed by atoms with Gasteiger partial charge in [0.1, 0.15) is 0 Å². The van der Waals surface area contributed by atoms with E-state index in [9.17, 15) is 0 Å². The van der Waals surface area contributed by atoms with Gasteiger partial charge in [0.2, 0.25) is 0 Å². The van der Waals surface area contributed by atoms with Crippen molar-refractivity contribution in [3.63, 3.8) is 0 Å². The van der Waals surface area contributed by atoms with Gasteiger partial charge in [0, 0.05) is 63.5 Å². The van der Waals surface area contributed by atoms with Gasteiger partial charge in [-0.15, -0.1) is 47.0 Å². The third kappa shape index (κ3) is 2.55. The van der Waals surface area contributed by atoms with Crippen molar-refractivity contribution in [1.82, 2.24) is 0 Å². The lowest BCUT2D eigenvalue weighted by Gasteiger charge is -2.17. The molecular formula is C14H12S8. The zero-order valence-electron chi connectivity index (χ0n) is 11.3. The molecule has 0 N–H and O–H groups in total. The first-order valence-electron chi connectivity index (χ1n) is 6.81. The fraction of sp³-hybridized carbons (Fsp3) is 0.429. The second kappa shape index (κ2) is 6.67. The maximum atomic E-state index is 5.69. The number of hydrogen-bond donors (Lipinski definition) is 2. The Morgan fingerprint density at radius 2 is 1.00 bits per heavy atom. The highest BCUT2D eigenvalue weighted by atomic mass is 32.2. The van der Waals surface area contributed by atoms with Gasteiger partial charge in [0.25, 0.3) is 0 Å². The highest BCUT2D eigenvalue weighted by Gasteiger charge is 2.43. The zero-order chi connectivity index (χ0) is 15.4. The van der Waals surface area contributed by atoms with Gasteiger partial charge >= 0.3 is 0 Å². The average Bonchev–Trinajstić information content (AvgIpc) is 2.97. The summed E-state index contributed by atoms with van der Waals surface area (Å²) in [7, 11) is 0. The highest BCUT2D eigenvalue weighted by Crippen LogP contribution is 2.59. The van der Waals surface area contributed by atoms with Crippen molar-refractivity contribution in [3.05, 3.63) is 30.8 Å². The Morgan fingerprint density at radius 3 is 1.41 bits per heavy atom. The van der Waals surface area contributed by atoms with Crippen LogP contribution in [0.5, 0.6) is 0 Å². The van der Waals surface area contributed by atoms with E-state index >= 15 is 0 Å². The third-order valence-corrected chi connectivity index (χ3v) is 11.7. The molecule has 4 rings (SSSR count). The van der Waals surface area contributed by atoms with E-state index in [2.05, 4.69) is 25.3 Å². The van der Waals surface area contributed by atoms with Gasteiger partial charge in [-0.2, -0.15) is 25.3 Å². The van der Waals surface area contributed by atoms with E-state index < -0.39 is 0 Å². The summed E-state index contributed by atoms with van der Waals surface area (Å²) >= 11 is 28.6. The molecule has 1 fully saturated rings. The van der Waals surface area contributed by atoms with Gasteiger partial charge in [-0.25, -0.2) is 0 Å². The molecule has 2 aliphatic carbocycles. The molecule has 2 unspecified atom stereocenters. The van der Waals surface area contributed by atoms with Crippen LogP contribution in [0.3, 0.4) is 0 Å². The molecule has 0 bridgehead atoms. The number of rotatable bonds is 0. The van der Waals surface area contributed by atoms with Crippen molar-refractivity contribution >= 4 is 106 Å². The van der Waals surface area contributed by atoms with Crippen molar-refractivity contribution in [2.24, 2.45) is 0 Å². The summed E-state index contributed by atoms with van der Waals surface area (Å²) in [6, 6.07) is 0. The minimum Gasteiger partial charge on any atom is -0.169 e. The summed E-state index contributed by atoms with van der Waals surface area (Å²) in [4.78, 5) is 7.52. The van der Waals surface area contributed by atoms with Crippen LogP contribution in [0, 0.1) is 0 Å². The largest absolute Gasteiger partial charge is 0.169 e. The molecular weight excluding hydrogens is 425 g/mol. The second-order valence-electron chi connectivity index (χ2n) is 5.08. The van der Waals surface area contributed by atoms with Crippen LogP contribution < -0.4 is 0 Å². The number of thioether (sulfide) groups is 4. The normalized spacial score (nSPS) is 32.1. The molecule has 0 saturated heterocycles. The first kappa shape index (κ1) is 16.9. The smallest absolute Gasteiger partial charge is 0.0541 e. The Bertz CT molecular complexity index is 627. The standard InChI is InChI=1S/C14H12S8/c15-7-5(8(16)10(18)9(7)17)6-11-13(21-3-1-19-11)14-12(6)20-2-4-22-14/h9-10,17-18H,1-4H2. The fourth-order valence-electron chi connectivity index (χ4n) is 2.83. The molecule has 1 saturated carbocycles. The molecule has 4 aliphatic rings. The summed E-state index contributed by atoms with van der Waals surface area (Å²) < 4.78 is 0. The van der Waals surface area contributed by atoms with Gasteiger partial charge in [-0.1, -0.05) is 24.4 Å². The lowest BCUT2D eigenvalue weighted by molar-refractivity contribution is 1.30. The van der Waals surface area contributed by atoms with Crippen LogP contribution in [0.25, 0.3) is 0 Å². The van der Waals surface area contributed by atoms with Gasteiger partial charge < -0.3 is 0 Å². The number of hydrogen-bond acceptors (Lipinski definition) is 8. The second-order valence-corrected chi connectivity index (χ2v) is 11.5. The summed E-state index contributed by atoms with van der Waals surface area (Å²) in [5, 5.41) is -0.0750. The predicted octanol–water partition coefficient (Wildman–Crippen LogP) is 5.03. The molecule has 2 heterocycles. The molecule has 0 spiro atoms. The molecule has 0 aromatic rings. The quantitative estimate of drug-likeness (QED) is 0.308. The zero-order valence-corrected chi connectivity index (χ0v) is 18.0. The molecule has 0 nitrogen and oxygen atoms in total. The first-order valence-corrected chi connectivity index (χ1v) is 12.6. The van der Waals surface area contributed by atoms with Crippen LogP contribution in [0.2, 0.25) is 0 Å². The number of thiol groups is 2. The number of thiocarbonyl (C=S) groups is 2. The molecule has 0 aromatic carbocycles. The minimum atomic E-state index is -0.0375. The van der Waals surface area contributed by atoms with Crippen molar-refractivity contribution < 1.29 is 0 Å². The fourth-order valence-corrected chi connectivity index (χ4v) is 9.85. The Balaban J connectivity index is 1.95. The lowest BCUT2D eigenvalue weighted by atomic mass is 10.1. The van der Waals surface area contributed by atoms with Crippen LogP contribution in [0.15, 0.2) is 30.8 Å². The monoisotopic (exact) mass is 436 g/mol. The van der Waals surface area contributed by atoms with Crippen LogP contribution >= 0.6 is 96.7 Å². The van der Waals surface area contributed by atoms with Gasteiger partial charge in [-0.05, 0) is 0 Å². The van der Waals surface area contributed by atoms with Crippen LogP contribution in [-0.2, 0) is 0 Å². The van der Waals surface area contributed by atoms with Crippen molar-refractivity contribution in [1.29, 1.82) is 0 Å². The van der Waals surface area contributed by atoms with Crippen molar-refractivity contribution in [3.8, 4) is 0 Å². The molecule has 116 valence electrons. The summed E-state index contributed by atoms with van der Waals surface area (Å²) in [5.41, 5.74) is 2.40. The predicted molar refractivity (Wildman–Crippen MR) is 122 cm³/mol. The Labute approximate surface area is 169 Å². The summed E-state index contributed by atoms with van der Waals surface area (Å²) in [5.74, 6) is 4.69. The summed E-state index contributed by atoms with van der Waals surface area (Å²) in [6.45, 7) is 0. The molecule has 2 atom stereocenters. The third-order valence-electron chi connectivity index (χ3n) is 3.80. The number of fused-ring (bicyclic) bond motifs is 1. The van der Waals surface area contributed by atoms with Crippen molar-refractivity contribution in [2.75, 3.05) is 23.0 Å². The van der Waals surface area contributed by atoms with Gasteiger partial charge in [0.15, 0.2) is 0 Å². The Kier molecular flexibility index (Phi) is 5.13. The Morgan fingerprint density at radius 1 is 0.636 bits per heavy atom. The first-order chi connectivity index (χ1) is 10.6. The van der Waals surface area contributed by atoms with Crippen LogP contribution in [0.4, 0.5) is 0 Å². The van der Waals surface area contributed by atoms with E-state index in [1.165, 1.54) is 36.7 Å². The van der Waals surface area contributed by atoms with E-state index in [0.717, 1.165) is 26.8 Å². The molecule has 0 aromatic heterocycles. The van der Waals surface area contributed by atoms with E-state index in [-0.39, 0.29) is 10.5 Å². The van der Waals surface area contributed by atoms with Crippen molar-refractivity contribution in [2.45, 2.75) is 10.5 Å². The average molecular weight is 437 g/mol. The van der Waals surface area contributed by atoms with Gasteiger partial charge in [-0.3, -0.25) is 0 Å². The van der Waals surface area contributed by atoms with Gasteiger partial charge in [0.05, 0.1) is 10.5 Å². The molecule has 8 heteroatoms. The number of allylic oxidation sites excluding steroid dienone is 3. The molecule has 0 radical (unpaired) electrons. The molecule has 0 amide bonds. The van der Waals surface area contributed by atoms with Crippen LogP contribution in [0.1, 0.15) is 0 Å². The molecule has 22 heavy (non-hydrogen) atoms. The lowest BCUT2D eigenvalue weighted by Crippen LogP contribution is -2.15. The molecule has 2 aliphatic heterocycles. The summed E-state index contributed by atoms with van der Waals surface area (Å²) in [6.07, 6.45) is 0. The van der Waals surface area contributed by atoms with Crippen LogP contribution in [-0.4, -0.2) is 43.2 Å². The highest BCUT2D eigenvalue weighted by molar-refractivity contribution is 8.14. The Hall–Kier alpha value is 1.50. The maximum Gasteiger partial charge on any atom is 0.0541 e. The minimum absolute atomic E-state index is 0.0375. The topological polar surface area (TPSA) is 0 Å².